The number of halogens is 2. The van der Waals surface area contributed by atoms with Crippen LogP contribution in [0.15, 0.2) is 12.1 Å². The van der Waals surface area contributed by atoms with Crippen LogP contribution >= 0.6 is 11.6 Å². The molecule has 0 saturated heterocycles. The lowest BCUT2D eigenvalue weighted by atomic mass is 10.1. The Balaban J connectivity index is 2.50. The highest BCUT2D eigenvalue weighted by molar-refractivity contribution is 6.31. The maximum absolute atomic E-state index is 13.3. The molecule has 2 rings (SSSR count). The van der Waals surface area contributed by atoms with E-state index in [9.17, 15) is 4.39 Å². The van der Waals surface area contributed by atoms with Gasteiger partial charge in [0.05, 0.1) is 10.6 Å². The number of rotatable bonds is 1. The molecule has 0 N–H and O–H groups in total. The molecule has 0 heterocycles. The van der Waals surface area contributed by atoms with Crippen molar-refractivity contribution in [1.29, 1.82) is 5.26 Å². The lowest BCUT2D eigenvalue weighted by molar-refractivity contribution is 0.610. The van der Waals surface area contributed by atoms with E-state index in [0.717, 1.165) is 12.8 Å². The van der Waals surface area contributed by atoms with E-state index in [1.807, 2.05) is 6.07 Å². The van der Waals surface area contributed by atoms with Crippen molar-refractivity contribution in [2.75, 3.05) is 0 Å². The summed E-state index contributed by atoms with van der Waals surface area (Å²) >= 11 is 5.78. The second-order valence-corrected chi connectivity index (χ2v) is 3.65. The zero-order chi connectivity index (χ0) is 9.42. The van der Waals surface area contributed by atoms with Gasteiger partial charge in [-0.15, -0.1) is 0 Å². The molecule has 0 bridgehead atoms. The molecular weight excluding hydrogens is 189 g/mol. The highest BCUT2D eigenvalue weighted by Gasteiger charge is 2.27. The highest BCUT2D eigenvalue weighted by atomic mass is 35.5. The van der Waals surface area contributed by atoms with Crippen LogP contribution in [-0.4, -0.2) is 0 Å². The van der Waals surface area contributed by atoms with Crippen molar-refractivity contribution >= 4 is 11.6 Å². The Morgan fingerprint density at radius 3 is 2.69 bits per heavy atom. The first-order chi connectivity index (χ1) is 6.22. The van der Waals surface area contributed by atoms with Gasteiger partial charge in [0.1, 0.15) is 11.9 Å². The zero-order valence-electron chi connectivity index (χ0n) is 6.85. The van der Waals surface area contributed by atoms with Gasteiger partial charge in [0.15, 0.2) is 0 Å². The van der Waals surface area contributed by atoms with E-state index in [0.29, 0.717) is 16.5 Å². The molecule has 1 saturated carbocycles. The van der Waals surface area contributed by atoms with Crippen molar-refractivity contribution < 1.29 is 4.39 Å². The molecule has 0 unspecified atom stereocenters. The first kappa shape index (κ1) is 8.52. The van der Waals surface area contributed by atoms with E-state index >= 15 is 0 Å². The van der Waals surface area contributed by atoms with E-state index in [4.69, 9.17) is 16.9 Å². The summed E-state index contributed by atoms with van der Waals surface area (Å²) in [4.78, 5) is 0. The van der Waals surface area contributed by atoms with Gasteiger partial charge in [-0.25, -0.2) is 4.39 Å². The predicted octanol–water partition coefficient (Wildman–Crippen LogP) is 3.23. The third kappa shape index (κ3) is 1.52. The van der Waals surface area contributed by atoms with E-state index in [1.165, 1.54) is 6.07 Å². The van der Waals surface area contributed by atoms with E-state index < -0.39 is 0 Å². The third-order valence-corrected chi connectivity index (χ3v) is 2.54. The summed E-state index contributed by atoms with van der Waals surface area (Å²) in [6.45, 7) is 0. The van der Waals surface area contributed by atoms with Gasteiger partial charge in [-0.2, -0.15) is 5.26 Å². The summed E-state index contributed by atoms with van der Waals surface area (Å²) < 4.78 is 13.3. The van der Waals surface area contributed by atoms with Crippen molar-refractivity contribution in [3.8, 4) is 6.07 Å². The Hall–Kier alpha value is -1.07. The fraction of sp³-hybridized carbons (Fsp3) is 0.300. The summed E-state index contributed by atoms with van der Waals surface area (Å²) in [5, 5.41) is 8.94. The Morgan fingerprint density at radius 1 is 1.46 bits per heavy atom. The molecule has 1 aromatic rings. The van der Waals surface area contributed by atoms with Gasteiger partial charge in [0.25, 0.3) is 0 Å². The van der Waals surface area contributed by atoms with E-state index in [1.54, 1.807) is 6.07 Å². The van der Waals surface area contributed by atoms with Crippen LogP contribution in [0.5, 0.6) is 0 Å². The minimum absolute atomic E-state index is 0.212. The second kappa shape index (κ2) is 3.01. The number of hydrogen-bond acceptors (Lipinski definition) is 1. The van der Waals surface area contributed by atoms with Crippen molar-refractivity contribution in [2.24, 2.45) is 0 Å². The number of hydrogen-bond donors (Lipinski definition) is 0. The van der Waals surface area contributed by atoms with Crippen LogP contribution in [0.2, 0.25) is 5.02 Å². The van der Waals surface area contributed by atoms with Gasteiger partial charge in [0, 0.05) is 0 Å². The normalized spacial score (nSPS) is 15.5. The van der Waals surface area contributed by atoms with E-state index in [-0.39, 0.29) is 11.4 Å². The average molecular weight is 196 g/mol. The van der Waals surface area contributed by atoms with Crippen molar-refractivity contribution in [3.63, 3.8) is 0 Å². The van der Waals surface area contributed by atoms with Crippen LogP contribution in [-0.2, 0) is 0 Å². The predicted molar refractivity (Wildman–Crippen MR) is 48.1 cm³/mol. The standard InChI is InChI=1S/C10H7ClFN/c11-9-4-8(6-1-2-6)10(12)3-7(9)5-13/h3-4,6H,1-2H2. The number of nitriles is 1. The van der Waals surface area contributed by atoms with Gasteiger partial charge in [-0.3, -0.25) is 0 Å². The molecule has 1 aromatic carbocycles. The van der Waals surface area contributed by atoms with Crippen LogP contribution in [0.25, 0.3) is 0 Å². The summed E-state index contributed by atoms with van der Waals surface area (Å²) in [5.74, 6) is 0.0219. The van der Waals surface area contributed by atoms with Gasteiger partial charge in [0.2, 0.25) is 0 Å². The second-order valence-electron chi connectivity index (χ2n) is 3.24. The van der Waals surface area contributed by atoms with Crippen molar-refractivity contribution in [2.45, 2.75) is 18.8 Å². The van der Waals surface area contributed by atoms with Crippen LogP contribution in [0.3, 0.4) is 0 Å². The van der Waals surface area contributed by atoms with Crippen molar-refractivity contribution in [1.82, 2.24) is 0 Å². The first-order valence-electron chi connectivity index (χ1n) is 4.11. The molecule has 0 aliphatic heterocycles. The number of nitrogens with zero attached hydrogens (tertiary/aromatic N) is 1. The Morgan fingerprint density at radius 2 is 2.15 bits per heavy atom. The zero-order valence-corrected chi connectivity index (χ0v) is 7.61. The molecule has 0 radical (unpaired) electrons. The molecule has 1 aliphatic carbocycles. The molecule has 1 aliphatic rings. The molecule has 1 fully saturated rings. The molecule has 0 spiro atoms. The monoisotopic (exact) mass is 195 g/mol. The van der Waals surface area contributed by atoms with Crippen LogP contribution < -0.4 is 0 Å². The fourth-order valence-electron chi connectivity index (χ4n) is 1.36. The Labute approximate surface area is 80.7 Å². The maximum Gasteiger partial charge on any atom is 0.128 e. The molecule has 0 amide bonds. The largest absolute Gasteiger partial charge is 0.207 e. The minimum Gasteiger partial charge on any atom is -0.207 e. The third-order valence-electron chi connectivity index (χ3n) is 2.22. The number of benzene rings is 1. The van der Waals surface area contributed by atoms with Crippen LogP contribution in [0.1, 0.15) is 29.9 Å². The lowest BCUT2D eigenvalue weighted by Crippen LogP contribution is -1.89. The summed E-state index contributed by atoms with van der Waals surface area (Å²) in [6.07, 6.45) is 2.05. The lowest BCUT2D eigenvalue weighted by Gasteiger charge is -2.02. The molecule has 0 atom stereocenters. The highest BCUT2D eigenvalue weighted by Crippen LogP contribution is 2.42. The van der Waals surface area contributed by atoms with Gasteiger partial charge in [-0.05, 0) is 36.5 Å². The smallest absolute Gasteiger partial charge is 0.128 e. The molecule has 0 aromatic heterocycles. The van der Waals surface area contributed by atoms with Crippen LogP contribution in [0, 0.1) is 17.1 Å². The molecular formula is C10H7ClFN. The Bertz CT molecular complexity index is 391. The van der Waals surface area contributed by atoms with Crippen LogP contribution in [0.4, 0.5) is 4.39 Å². The maximum atomic E-state index is 13.3. The molecule has 1 nitrogen and oxygen atoms in total. The first-order valence-corrected chi connectivity index (χ1v) is 4.49. The average Bonchev–Trinajstić information content (AvgIpc) is 2.91. The summed E-state index contributed by atoms with van der Waals surface area (Å²) in [5.41, 5.74) is 0.868. The summed E-state index contributed by atoms with van der Waals surface area (Å²) in [6, 6.07) is 4.65. The Kier molecular flexibility index (Phi) is 1.97. The van der Waals surface area contributed by atoms with Gasteiger partial charge in [-0.1, -0.05) is 11.6 Å². The van der Waals surface area contributed by atoms with E-state index in [2.05, 4.69) is 0 Å². The van der Waals surface area contributed by atoms with Gasteiger partial charge >= 0.3 is 0 Å². The quantitative estimate of drug-likeness (QED) is 0.675. The molecule has 13 heavy (non-hydrogen) atoms. The van der Waals surface area contributed by atoms with Gasteiger partial charge < -0.3 is 0 Å². The van der Waals surface area contributed by atoms with Crippen molar-refractivity contribution in [3.05, 3.63) is 34.1 Å². The molecule has 66 valence electrons. The fourth-order valence-corrected chi connectivity index (χ4v) is 1.57. The SMILES string of the molecule is N#Cc1cc(F)c(C2CC2)cc1Cl. The minimum atomic E-state index is -0.302. The topological polar surface area (TPSA) is 23.8 Å². The molecule has 3 heteroatoms. The summed E-state index contributed by atoms with van der Waals surface area (Å²) in [7, 11) is 0.